The number of hydrogen-bond acceptors (Lipinski definition) is 3. The molecule has 2 N–H and O–H groups in total. The highest BCUT2D eigenvalue weighted by Gasteiger charge is 2.13. The van der Waals surface area contributed by atoms with E-state index >= 15 is 0 Å². The van der Waals surface area contributed by atoms with Crippen molar-refractivity contribution in [2.75, 3.05) is 5.32 Å². The molecule has 18 heavy (non-hydrogen) atoms. The summed E-state index contributed by atoms with van der Waals surface area (Å²) in [6.45, 7) is 7.55. The van der Waals surface area contributed by atoms with Crippen LogP contribution in [-0.2, 0) is 0 Å². The van der Waals surface area contributed by atoms with Crippen LogP contribution in [0.1, 0.15) is 33.0 Å². The Hall–Kier alpha value is -2.17. The lowest BCUT2D eigenvalue weighted by Crippen LogP contribution is -2.15. The van der Waals surface area contributed by atoms with Crippen molar-refractivity contribution in [2.24, 2.45) is 0 Å². The van der Waals surface area contributed by atoms with Gasteiger partial charge >= 0.3 is 0 Å². The molecule has 0 fully saturated rings. The molecule has 0 unspecified atom stereocenters. The number of aromatic amines is 1. The molecular weight excluding hydrogens is 228 g/mol. The maximum Gasteiger partial charge on any atom is 0.258 e. The standard InChI is InChI=1S/C13H16N4O/c1-7-5-6-11(10(4)14-7)13(18)15-12-8(2)9(3)16-17-12/h5-6H,1-4H3,(H2,15,16,17,18). The third kappa shape index (κ3) is 2.25. The molecule has 2 heterocycles. The van der Waals surface area contributed by atoms with Crippen molar-refractivity contribution >= 4 is 11.7 Å². The smallest absolute Gasteiger partial charge is 0.258 e. The van der Waals surface area contributed by atoms with Gasteiger partial charge in [0.25, 0.3) is 5.91 Å². The fourth-order valence-corrected chi connectivity index (χ4v) is 1.71. The number of aromatic nitrogens is 3. The Bertz CT molecular complexity index is 601. The van der Waals surface area contributed by atoms with Gasteiger partial charge in [-0.05, 0) is 39.8 Å². The summed E-state index contributed by atoms with van der Waals surface area (Å²) in [5, 5.41) is 9.67. The van der Waals surface area contributed by atoms with Gasteiger partial charge < -0.3 is 5.32 Å². The number of pyridine rings is 1. The van der Waals surface area contributed by atoms with Crippen LogP contribution in [0.25, 0.3) is 0 Å². The van der Waals surface area contributed by atoms with Crippen molar-refractivity contribution in [1.29, 1.82) is 0 Å². The average Bonchev–Trinajstić information content (AvgIpc) is 2.61. The van der Waals surface area contributed by atoms with Gasteiger partial charge in [0.1, 0.15) is 0 Å². The van der Waals surface area contributed by atoms with E-state index in [0.29, 0.717) is 11.4 Å². The zero-order valence-corrected chi connectivity index (χ0v) is 11.0. The van der Waals surface area contributed by atoms with Gasteiger partial charge in [-0.15, -0.1) is 0 Å². The Morgan fingerprint density at radius 2 is 1.94 bits per heavy atom. The van der Waals surface area contributed by atoms with E-state index in [1.54, 1.807) is 6.07 Å². The first kappa shape index (κ1) is 12.3. The highest BCUT2D eigenvalue weighted by atomic mass is 16.1. The molecule has 5 nitrogen and oxygen atoms in total. The van der Waals surface area contributed by atoms with Crippen molar-refractivity contribution < 1.29 is 4.79 Å². The van der Waals surface area contributed by atoms with Crippen molar-refractivity contribution in [3.05, 3.63) is 40.3 Å². The van der Waals surface area contributed by atoms with Gasteiger partial charge in [0, 0.05) is 17.0 Å². The summed E-state index contributed by atoms with van der Waals surface area (Å²) in [6.07, 6.45) is 0. The minimum Gasteiger partial charge on any atom is -0.305 e. The molecule has 0 aliphatic rings. The summed E-state index contributed by atoms with van der Waals surface area (Å²) in [7, 11) is 0. The van der Waals surface area contributed by atoms with Crippen LogP contribution >= 0.6 is 0 Å². The van der Waals surface area contributed by atoms with Crippen molar-refractivity contribution in [1.82, 2.24) is 15.2 Å². The largest absolute Gasteiger partial charge is 0.305 e. The fourth-order valence-electron chi connectivity index (χ4n) is 1.71. The minimum atomic E-state index is -0.186. The number of rotatable bonds is 2. The Morgan fingerprint density at radius 1 is 1.22 bits per heavy atom. The molecular formula is C13H16N4O. The van der Waals surface area contributed by atoms with Crippen LogP contribution in [0, 0.1) is 27.7 Å². The second-order valence-corrected chi connectivity index (χ2v) is 4.36. The number of hydrogen-bond donors (Lipinski definition) is 2. The number of carbonyl (C=O) groups excluding carboxylic acids is 1. The highest BCUT2D eigenvalue weighted by molar-refractivity contribution is 6.04. The summed E-state index contributed by atoms with van der Waals surface area (Å²) in [6, 6.07) is 3.60. The number of anilines is 1. The van der Waals surface area contributed by atoms with Crippen molar-refractivity contribution in [3.8, 4) is 0 Å². The SMILES string of the molecule is Cc1ccc(C(=O)Nc2n[nH]c(C)c2C)c(C)n1. The van der Waals surface area contributed by atoms with Crippen LogP contribution in [0.3, 0.4) is 0 Å². The average molecular weight is 244 g/mol. The molecule has 0 atom stereocenters. The molecule has 94 valence electrons. The molecule has 0 saturated carbocycles. The van der Waals surface area contributed by atoms with Gasteiger partial charge in [0.15, 0.2) is 5.82 Å². The van der Waals surface area contributed by atoms with Gasteiger partial charge in [-0.25, -0.2) is 0 Å². The highest BCUT2D eigenvalue weighted by Crippen LogP contribution is 2.16. The third-order valence-electron chi connectivity index (χ3n) is 2.95. The Labute approximate surface area is 106 Å². The molecule has 2 aromatic heterocycles. The maximum atomic E-state index is 12.1. The van der Waals surface area contributed by atoms with E-state index in [1.807, 2.05) is 33.8 Å². The van der Waals surface area contributed by atoms with Gasteiger partial charge in [0.05, 0.1) is 11.3 Å². The lowest BCUT2D eigenvalue weighted by molar-refractivity contribution is 0.102. The first-order valence-corrected chi connectivity index (χ1v) is 5.76. The zero-order valence-electron chi connectivity index (χ0n) is 11.0. The molecule has 2 rings (SSSR count). The normalized spacial score (nSPS) is 10.4. The van der Waals surface area contributed by atoms with E-state index in [0.717, 1.165) is 22.6 Å². The molecule has 0 aliphatic carbocycles. The second-order valence-electron chi connectivity index (χ2n) is 4.36. The second kappa shape index (κ2) is 4.60. The van der Waals surface area contributed by atoms with E-state index < -0.39 is 0 Å². The third-order valence-corrected chi connectivity index (χ3v) is 2.95. The predicted molar refractivity (Wildman–Crippen MR) is 69.7 cm³/mol. The molecule has 5 heteroatoms. The van der Waals surface area contributed by atoms with Gasteiger partial charge in [-0.3, -0.25) is 14.9 Å². The van der Waals surface area contributed by atoms with Crippen LogP contribution < -0.4 is 5.32 Å². The van der Waals surface area contributed by atoms with E-state index in [9.17, 15) is 4.79 Å². The summed E-state index contributed by atoms with van der Waals surface area (Å²) in [5.41, 5.74) is 4.08. The summed E-state index contributed by atoms with van der Waals surface area (Å²) < 4.78 is 0. The monoisotopic (exact) mass is 244 g/mol. The zero-order chi connectivity index (χ0) is 13.3. The molecule has 0 radical (unpaired) electrons. The Kier molecular flexibility index (Phi) is 3.14. The van der Waals surface area contributed by atoms with Gasteiger partial charge in [0.2, 0.25) is 0 Å². The molecule has 0 spiro atoms. The quantitative estimate of drug-likeness (QED) is 0.851. The van der Waals surface area contributed by atoms with Gasteiger partial charge in [-0.1, -0.05) is 0 Å². The predicted octanol–water partition coefficient (Wildman–Crippen LogP) is 2.29. The van der Waals surface area contributed by atoms with E-state index in [4.69, 9.17) is 0 Å². The maximum absolute atomic E-state index is 12.1. The lowest BCUT2D eigenvalue weighted by Gasteiger charge is -2.06. The number of carbonyl (C=O) groups is 1. The van der Waals surface area contributed by atoms with E-state index in [2.05, 4.69) is 20.5 Å². The molecule has 0 bridgehead atoms. The topological polar surface area (TPSA) is 70.7 Å². The van der Waals surface area contributed by atoms with Crippen LogP contribution in [0.2, 0.25) is 0 Å². The number of H-pyrrole nitrogens is 1. The van der Waals surface area contributed by atoms with Crippen molar-refractivity contribution in [3.63, 3.8) is 0 Å². The molecule has 1 amide bonds. The first-order valence-electron chi connectivity index (χ1n) is 5.76. The molecule has 0 aliphatic heterocycles. The number of nitrogens with one attached hydrogen (secondary N) is 2. The number of amides is 1. The van der Waals surface area contributed by atoms with Crippen LogP contribution in [0.5, 0.6) is 0 Å². The molecule has 0 aromatic carbocycles. The lowest BCUT2D eigenvalue weighted by atomic mass is 10.1. The van der Waals surface area contributed by atoms with Crippen LogP contribution in [-0.4, -0.2) is 21.1 Å². The van der Waals surface area contributed by atoms with Crippen LogP contribution in [0.4, 0.5) is 5.82 Å². The van der Waals surface area contributed by atoms with E-state index in [-0.39, 0.29) is 5.91 Å². The number of nitrogens with zero attached hydrogens (tertiary/aromatic N) is 2. The molecule has 0 saturated heterocycles. The van der Waals surface area contributed by atoms with Crippen LogP contribution in [0.15, 0.2) is 12.1 Å². The minimum absolute atomic E-state index is 0.186. The fraction of sp³-hybridized carbons (Fsp3) is 0.308. The summed E-state index contributed by atoms with van der Waals surface area (Å²) >= 11 is 0. The molecule has 2 aromatic rings. The van der Waals surface area contributed by atoms with Gasteiger partial charge in [-0.2, -0.15) is 5.10 Å². The Morgan fingerprint density at radius 3 is 2.50 bits per heavy atom. The summed E-state index contributed by atoms with van der Waals surface area (Å²) in [5.74, 6) is 0.382. The van der Waals surface area contributed by atoms with E-state index in [1.165, 1.54) is 0 Å². The Balaban J connectivity index is 2.25. The number of aryl methyl sites for hydroxylation is 3. The van der Waals surface area contributed by atoms with Crippen molar-refractivity contribution in [2.45, 2.75) is 27.7 Å². The summed E-state index contributed by atoms with van der Waals surface area (Å²) in [4.78, 5) is 16.4. The first-order chi connectivity index (χ1) is 8.49.